The standard InChI is InChI=1S/C12H10Br2O3/c1-5-9-10(14)8(16-3)4-7(13)12(9)17-11(5)6(2)15/h4H,1-3H3. The number of aryl methyl sites for hydroxylation is 1. The minimum Gasteiger partial charge on any atom is -0.496 e. The van der Waals surface area contributed by atoms with E-state index in [1.807, 2.05) is 6.92 Å². The summed E-state index contributed by atoms with van der Waals surface area (Å²) in [7, 11) is 1.60. The molecule has 3 nitrogen and oxygen atoms in total. The predicted octanol–water partition coefficient (Wildman–Crippen LogP) is 4.48. The minimum atomic E-state index is -0.0866. The largest absolute Gasteiger partial charge is 0.496 e. The molecule has 0 radical (unpaired) electrons. The van der Waals surface area contributed by atoms with Gasteiger partial charge in [-0.25, -0.2) is 0 Å². The van der Waals surface area contributed by atoms with Crippen molar-refractivity contribution in [2.45, 2.75) is 13.8 Å². The Kier molecular flexibility index (Phi) is 3.32. The summed E-state index contributed by atoms with van der Waals surface area (Å²) in [5, 5.41) is 0.862. The molecule has 17 heavy (non-hydrogen) atoms. The molecule has 0 amide bonds. The average Bonchev–Trinajstić information content (AvgIpc) is 2.62. The first-order valence-electron chi connectivity index (χ1n) is 4.93. The van der Waals surface area contributed by atoms with E-state index in [-0.39, 0.29) is 5.78 Å². The van der Waals surface area contributed by atoms with E-state index in [9.17, 15) is 4.79 Å². The van der Waals surface area contributed by atoms with Crippen LogP contribution in [0.3, 0.4) is 0 Å². The molecule has 2 rings (SSSR count). The molecule has 90 valence electrons. The number of rotatable bonds is 2. The van der Waals surface area contributed by atoms with Crippen molar-refractivity contribution in [1.29, 1.82) is 0 Å². The summed E-state index contributed by atoms with van der Waals surface area (Å²) in [6.07, 6.45) is 0. The van der Waals surface area contributed by atoms with Gasteiger partial charge in [-0.1, -0.05) is 0 Å². The monoisotopic (exact) mass is 360 g/mol. The van der Waals surface area contributed by atoms with Gasteiger partial charge in [-0.2, -0.15) is 0 Å². The lowest BCUT2D eigenvalue weighted by atomic mass is 10.1. The van der Waals surface area contributed by atoms with Crippen LogP contribution < -0.4 is 4.74 Å². The fourth-order valence-electron chi connectivity index (χ4n) is 1.80. The molecule has 0 spiro atoms. The van der Waals surface area contributed by atoms with Crippen LogP contribution in [-0.4, -0.2) is 12.9 Å². The Morgan fingerprint density at radius 1 is 1.41 bits per heavy atom. The van der Waals surface area contributed by atoms with Crippen molar-refractivity contribution >= 4 is 48.6 Å². The SMILES string of the molecule is COc1cc(Br)c2oc(C(C)=O)c(C)c2c1Br. The summed E-state index contributed by atoms with van der Waals surface area (Å²) in [5.41, 5.74) is 1.47. The number of fused-ring (bicyclic) bond motifs is 1. The van der Waals surface area contributed by atoms with E-state index in [0.29, 0.717) is 17.1 Å². The number of ether oxygens (including phenoxy) is 1. The van der Waals surface area contributed by atoms with Crippen molar-refractivity contribution in [3.05, 3.63) is 26.3 Å². The highest BCUT2D eigenvalue weighted by Crippen LogP contribution is 2.42. The number of furan rings is 1. The van der Waals surface area contributed by atoms with Gasteiger partial charge in [0.25, 0.3) is 0 Å². The van der Waals surface area contributed by atoms with Crippen molar-refractivity contribution in [3.63, 3.8) is 0 Å². The highest BCUT2D eigenvalue weighted by molar-refractivity contribution is 9.11. The number of carbonyl (C=O) groups is 1. The molecule has 0 bridgehead atoms. The van der Waals surface area contributed by atoms with Gasteiger partial charge in [-0.3, -0.25) is 4.79 Å². The summed E-state index contributed by atoms with van der Waals surface area (Å²) < 4.78 is 12.4. The lowest BCUT2D eigenvalue weighted by molar-refractivity contribution is 0.0988. The summed E-state index contributed by atoms with van der Waals surface area (Å²) in [6, 6.07) is 1.80. The van der Waals surface area contributed by atoms with Crippen LogP contribution in [0.15, 0.2) is 19.4 Å². The van der Waals surface area contributed by atoms with Crippen LogP contribution in [-0.2, 0) is 0 Å². The van der Waals surface area contributed by atoms with E-state index >= 15 is 0 Å². The molecule has 0 saturated heterocycles. The van der Waals surface area contributed by atoms with Crippen molar-refractivity contribution in [3.8, 4) is 5.75 Å². The number of carbonyl (C=O) groups excluding carboxylic acids is 1. The van der Waals surface area contributed by atoms with Gasteiger partial charge in [0.2, 0.25) is 0 Å². The van der Waals surface area contributed by atoms with Gasteiger partial charge in [0.1, 0.15) is 5.75 Å². The minimum absolute atomic E-state index is 0.0866. The van der Waals surface area contributed by atoms with Crippen molar-refractivity contribution < 1.29 is 13.9 Å². The van der Waals surface area contributed by atoms with Gasteiger partial charge in [0, 0.05) is 17.9 Å². The summed E-state index contributed by atoms with van der Waals surface area (Å²) in [6.45, 7) is 3.35. The summed E-state index contributed by atoms with van der Waals surface area (Å²) in [4.78, 5) is 11.5. The van der Waals surface area contributed by atoms with Crippen molar-refractivity contribution in [1.82, 2.24) is 0 Å². The highest BCUT2D eigenvalue weighted by Gasteiger charge is 2.20. The molecule has 1 heterocycles. The van der Waals surface area contributed by atoms with Gasteiger partial charge >= 0.3 is 0 Å². The van der Waals surface area contributed by atoms with Crippen LogP contribution in [0.1, 0.15) is 23.0 Å². The molecule has 0 fully saturated rings. The molecule has 2 aromatic rings. The van der Waals surface area contributed by atoms with Crippen LogP contribution in [0, 0.1) is 6.92 Å². The maximum atomic E-state index is 11.5. The van der Waals surface area contributed by atoms with Gasteiger partial charge in [-0.05, 0) is 44.8 Å². The quantitative estimate of drug-likeness (QED) is 0.740. The van der Waals surface area contributed by atoms with Crippen LogP contribution in [0.5, 0.6) is 5.75 Å². The molecule has 1 aromatic carbocycles. The Labute approximate surface area is 115 Å². The second-order valence-electron chi connectivity index (χ2n) is 3.69. The average molecular weight is 362 g/mol. The number of hydrogen-bond acceptors (Lipinski definition) is 3. The number of methoxy groups -OCH3 is 1. The second-order valence-corrected chi connectivity index (χ2v) is 5.34. The normalized spacial score (nSPS) is 10.9. The summed E-state index contributed by atoms with van der Waals surface area (Å²) in [5.74, 6) is 0.995. The Morgan fingerprint density at radius 3 is 2.59 bits per heavy atom. The van der Waals surface area contributed by atoms with E-state index in [4.69, 9.17) is 9.15 Å². The Balaban J connectivity index is 2.92. The molecular formula is C12H10Br2O3. The van der Waals surface area contributed by atoms with Gasteiger partial charge in [-0.15, -0.1) is 0 Å². The van der Waals surface area contributed by atoms with Crippen LogP contribution in [0.2, 0.25) is 0 Å². The molecule has 0 saturated carbocycles. The molecule has 0 aliphatic rings. The van der Waals surface area contributed by atoms with Gasteiger partial charge in [0.15, 0.2) is 17.1 Å². The number of benzene rings is 1. The Morgan fingerprint density at radius 2 is 2.06 bits per heavy atom. The zero-order chi connectivity index (χ0) is 12.7. The third-order valence-electron chi connectivity index (χ3n) is 2.60. The van der Waals surface area contributed by atoms with Crippen LogP contribution >= 0.6 is 31.9 Å². The fourth-order valence-corrected chi connectivity index (χ4v) is 3.04. The summed E-state index contributed by atoms with van der Waals surface area (Å²) >= 11 is 6.89. The van der Waals surface area contributed by atoms with E-state index in [2.05, 4.69) is 31.9 Å². The number of ketones is 1. The first kappa shape index (κ1) is 12.6. The predicted molar refractivity (Wildman–Crippen MR) is 72.9 cm³/mol. The lowest BCUT2D eigenvalue weighted by Crippen LogP contribution is -1.91. The molecular weight excluding hydrogens is 352 g/mol. The van der Waals surface area contributed by atoms with E-state index in [1.165, 1.54) is 6.92 Å². The molecule has 0 N–H and O–H groups in total. The van der Waals surface area contributed by atoms with Gasteiger partial charge in [0.05, 0.1) is 16.1 Å². The van der Waals surface area contributed by atoms with Gasteiger partial charge < -0.3 is 9.15 Å². The number of Topliss-reactive ketones (excluding diaryl/α,β-unsaturated/α-hetero) is 1. The van der Waals surface area contributed by atoms with Crippen LogP contribution in [0.25, 0.3) is 11.0 Å². The zero-order valence-corrected chi connectivity index (χ0v) is 12.7. The molecule has 0 aliphatic carbocycles. The maximum absolute atomic E-state index is 11.5. The first-order chi connectivity index (χ1) is 7.97. The lowest BCUT2D eigenvalue weighted by Gasteiger charge is -2.05. The molecule has 0 aliphatic heterocycles. The molecule has 1 aromatic heterocycles. The third-order valence-corrected chi connectivity index (χ3v) is 3.97. The zero-order valence-electron chi connectivity index (χ0n) is 9.56. The molecule has 0 unspecified atom stereocenters. The third kappa shape index (κ3) is 1.91. The fraction of sp³-hybridized carbons (Fsp3) is 0.250. The second kappa shape index (κ2) is 4.46. The van der Waals surface area contributed by atoms with E-state index in [1.54, 1.807) is 13.2 Å². The Hall–Kier alpha value is -0.810. The molecule has 5 heteroatoms. The topological polar surface area (TPSA) is 39.4 Å². The maximum Gasteiger partial charge on any atom is 0.195 e. The van der Waals surface area contributed by atoms with E-state index < -0.39 is 0 Å². The number of halogens is 2. The van der Waals surface area contributed by atoms with Crippen molar-refractivity contribution in [2.75, 3.05) is 7.11 Å². The smallest absolute Gasteiger partial charge is 0.195 e. The number of hydrogen-bond donors (Lipinski definition) is 0. The van der Waals surface area contributed by atoms with Crippen molar-refractivity contribution in [2.24, 2.45) is 0 Å². The van der Waals surface area contributed by atoms with Crippen LogP contribution in [0.4, 0.5) is 0 Å². The van der Waals surface area contributed by atoms with E-state index in [0.717, 1.165) is 19.9 Å². The first-order valence-corrected chi connectivity index (χ1v) is 6.52. The highest BCUT2D eigenvalue weighted by atomic mass is 79.9. The molecule has 0 atom stereocenters. The Bertz CT molecular complexity index is 614.